The number of aromatic amines is 1. The lowest BCUT2D eigenvalue weighted by Crippen LogP contribution is -2.43. The number of piperidine rings is 1. The molecule has 0 bridgehead atoms. The van der Waals surface area contributed by atoms with Gasteiger partial charge in [0.2, 0.25) is 0 Å². The Bertz CT molecular complexity index is 901. The number of nitrogens with zero attached hydrogens (tertiary/aromatic N) is 2. The summed E-state index contributed by atoms with van der Waals surface area (Å²) in [6.07, 6.45) is 10.3. The fourth-order valence-electron chi connectivity index (χ4n) is 5.72. The van der Waals surface area contributed by atoms with Crippen LogP contribution in [0.15, 0.2) is 4.79 Å². The van der Waals surface area contributed by atoms with Crippen molar-refractivity contribution in [3.8, 4) is 0 Å². The smallest absolute Gasteiger partial charge is 0.259 e. The highest BCUT2D eigenvalue weighted by Gasteiger charge is 2.34. The second kappa shape index (κ2) is 7.00. The molecule has 0 amide bonds. The predicted octanol–water partition coefficient (Wildman–Crippen LogP) is 4.68. The zero-order chi connectivity index (χ0) is 18.5. The topological polar surface area (TPSA) is 49.0 Å². The highest BCUT2D eigenvalue weighted by molar-refractivity contribution is 7.18. The van der Waals surface area contributed by atoms with Gasteiger partial charge in [-0.3, -0.25) is 9.69 Å². The van der Waals surface area contributed by atoms with Crippen LogP contribution in [0.3, 0.4) is 0 Å². The molecule has 146 valence electrons. The zero-order valence-corrected chi connectivity index (χ0v) is 17.4. The number of nitrogens with one attached hydrogen (secondary N) is 1. The van der Waals surface area contributed by atoms with Gasteiger partial charge in [-0.1, -0.05) is 26.2 Å². The SMILES string of the molecule is C[C@@H]1CCc2c(sc3nc([C@H](C)N4CC[C@@H]5CCCC[C@H]5C4)[nH]c(=O)c23)C1. The first-order valence-corrected chi connectivity index (χ1v) is 11.7. The van der Waals surface area contributed by atoms with Gasteiger partial charge in [0.05, 0.1) is 11.4 Å². The number of aromatic nitrogens is 2. The third kappa shape index (κ3) is 3.17. The summed E-state index contributed by atoms with van der Waals surface area (Å²) in [5, 5.41) is 0.879. The molecular weight excluding hydrogens is 354 g/mol. The molecule has 1 saturated carbocycles. The van der Waals surface area contributed by atoms with E-state index in [1.54, 1.807) is 11.3 Å². The van der Waals surface area contributed by atoms with E-state index >= 15 is 0 Å². The third-order valence-electron chi connectivity index (χ3n) is 7.45. The normalized spacial score (nSPS) is 30.1. The Labute approximate surface area is 165 Å². The number of rotatable bonds is 2. The van der Waals surface area contributed by atoms with Crippen molar-refractivity contribution in [3.05, 3.63) is 26.6 Å². The van der Waals surface area contributed by atoms with Crippen LogP contribution in [0.25, 0.3) is 10.2 Å². The standard InChI is InChI=1S/C22H31N3OS/c1-13-7-8-17-18(11-13)27-22-19(17)21(26)23-20(24-22)14(2)25-10-9-15-5-3-4-6-16(15)12-25/h13-16H,3-12H2,1-2H3,(H,23,24,26)/t13-,14+,15+,16+/m1/s1. The monoisotopic (exact) mass is 385 g/mol. The van der Waals surface area contributed by atoms with Gasteiger partial charge in [0.25, 0.3) is 5.56 Å². The van der Waals surface area contributed by atoms with E-state index < -0.39 is 0 Å². The summed E-state index contributed by atoms with van der Waals surface area (Å²) in [5.41, 5.74) is 1.37. The highest BCUT2D eigenvalue weighted by atomic mass is 32.1. The molecule has 2 fully saturated rings. The van der Waals surface area contributed by atoms with E-state index in [4.69, 9.17) is 4.98 Å². The van der Waals surface area contributed by atoms with Crippen molar-refractivity contribution >= 4 is 21.6 Å². The van der Waals surface area contributed by atoms with Crippen LogP contribution in [0.4, 0.5) is 0 Å². The van der Waals surface area contributed by atoms with Crippen LogP contribution in [0.5, 0.6) is 0 Å². The molecule has 1 saturated heterocycles. The van der Waals surface area contributed by atoms with E-state index in [0.29, 0.717) is 0 Å². The van der Waals surface area contributed by atoms with E-state index in [-0.39, 0.29) is 11.6 Å². The van der Waals surface area contributed by atoms with Crippen LogP contribution in [0, 0.1) is 17.8 Å². The molecule has 5 heteroatoms. The van der Waals surface area contributed by atoms with Crippen molar-refractivity contribution in [1.29, 1.82) is 0 Å². The molecule has 1 N–H and O–H groups in total. The second-order valence-corrected chi connectivity index (χ2v) is 10.3. The molecule has 1 aliphatic heterocycles. The number of hydrogen-bond donors (Lipinski definition) is 1. The molecule has 2 aromatic rings. The first-order valence-electron chi connectivity index (χ1n) is 10.9. The van der Waals surface area contributed by atoms with Gasteiger partial charge in [0.15, 0.2) is 0 Å². The Morgan fingerprint density at radius 3 is 2.85 bits per heavy atom. The van der Waals surface area contributed by atoms with Crippen molar-refractivity contribution < 1.29 is 0 Å². The molecule has 5 rings (SSSR count). The fraction of sp³-hybridized carbons (Fsp3) is 0.727. The number of likely N-dealkylation sites (tertiary alicyclic amines) is 1. The summed E-state index contributed by atoms with van der Waals surface area (Å²) >= 11 is 1.76. The van der Waals surface area contributed by atoms with E-state index in [1.165, 1.54) is 55.5 Å². The van der Waals surface area contributed by atoms with Gasteiger partial charge in [0, 0.05) is 11.4 Å². The number of thiophene rings is 1. The quantitative estimate of drug-likeness (QED) is 0.816. The van der Waals surface area contributed by atoms with Crippen molar-refractivity contribution in [2.45, 2.75) is 71.3 Å². The largest absolute Gasteiger partial charge is 0.309 e. The Hall–Kier alpha value is -1.20. The maximum Gasteiger partial charge on any atom is 0.259 e. The van der Waals surface area contributed by atoms with Gasteiger partial charge in [-0.05, 0) is 68.9 Å². The molecule has 2 aromatic heterocycles. The van der Waals surface area contributed by atoms with Crippen LogP contribution < -0.4 is 5.56 Å². The van der Waals surface area contributed by atoms with Crippen LogP contribution in [-0.4, -0.2) is 28.0 Å². The lowest BCUT2D eigenvalue weighted by atomic mass is 9.75. The molecule has 4 nitrogen and oxygen atoms in total. The summed E-state index contributed by atoms with van der Waals surface area (Å²) in [6, 6.07) is 0.197. The minimum Gasteiger partial charge on any atom is -0.309 e. The Morgan fingerprint density at radius 2 is 2.00 bits per heavy atom. The van der Waals surface area contributed by atoms with Crippen molar-refractivity contribution in [3.63, 3.8) is 0 Å². The van der Waals surface area contributed by atoms with Crippen molar-refractivity contribution in [1.82, 2.24) is 14.9 Å². The van der Waals surface area contributed by atoms with Crippen molar-refractivity contribution in [2.75, 3.05) is 13.1 Å². The molecule has 0 spiro atoms. The molecule has 0 unspecified atom stereocenters. The molecule has 2 aliphatic carbocycles. The lowest BCUT2D eigenvalue weighted by Gasteiger charge is -2.43. The average molecular weight is 386 g/mol. The van der Waals surface area contributed by atoms with Gasteiger partial charge >= 0.3 is 0 Å². The first kappa shape index (κ1) is 17.9. The summed E-state index contributed by atoms with van der Waals surface area (Å²) in [6.45, 7) is 6.85. The van der Waals surface area contributed by atoms with Crippen LogP contribution in [-0.2, 0) is 12.8 Å². The molecule has 4 atom stereocenters. The Kier molecular flexibility index (Phi) is 4.63. The number of H-pyrrole nitrogens is 1. The highest BCUT2D eigenvalue weighted by Crippen LogP contribution is 2.39. The molecule has 0 radical (unpaired) electrons. The minimum absolute atomic E-state index is 0.0847. The lowest BCUT2D eigenvalue weighted by molar-refractivity contribution is 0.0591. The van der Waals surface area contributed by atoms with E-state index in [2.05, 4.69) is 23.7 Å². The first-order chi connectivity index (χ1) is 13.1. The fourth-order valence-corrected chi connectivity index (χ4v) is 7.11. The molecule has 3 heterocycles. The Balaban J connectivity index is 1.44. The van der Waals surface area contributed by atoms with E-state index in [1.807, 2.05) is 0 Å². The van der Waals surface area contributed by atoms with Crippen LogP contribution in [0.1, 0.15) is 74.7 Å². The van der Waals surface area contributed by atoms with Crippen LogP contribution in [0.2, 0.25) is 0 Å². The summed E-state index contributed by atoms with van der Waals surface area (Å²) in [5.74, 6) is 3.37. The second-order valence-electron chi connectivity index (χ2n) is 9.25. The average Bonchev–Trinajstić information content (AvgIpc) is 3.04. The molecule has 0 aromatic carbocycles. The van der Waals surface area contributed by atoms with E-state index in [9.17, 15) is 4.79 Å². The predicted molar refractivity (Wildman–Crippen MR) is 111 cm³/mol. The molecular formula is C22H31N3OS. The van der Waals surface area contributed by atoms with Crippen LogP contribution >= 0.6 is 11.3 Å². The number of hydrogen-bond acceptors (Lipinski definition) is 4. The van der Waals surface area contributed by atoms with E-state index in [0.717, 1.165) is 53.2 Å². The van der Waals surface area contributed by atoms with Crippen molar-refractivity contribution in [2.24, 2.45) is 17.8 Å². The Morgan fingerprint density at radius 1 is 1.19 bits per heavy atom. The maximum atomic E-state index is 12.9. The third-order valence-corrected chi connectivity index (χ3v) is 8.60. The number of aryl methyl sites for hydroxylation is 1. The van der Waals surface area contributed by atoms with Gasteiger partial charge < -0.3 is 4.98 Å². The van der Waals surface area contributed by atoms with Gasteiger partial charge in [-0.2, -0.15) is 0 Å². The molecule has 27 heavy (non-hydrogen) atoms. The summed E-state index contributed by atoms with van der Waals surface area (Å²) in [7, 11) is 0. The molecule has 3 aliphatic rings. The summed E-state index contributed by atoms with van der Waals surface area (Å²) in [4.78, 5) is 26.0. The summed E-state index contributed by atoms with van der Waals surface area (Å²) < 4.78 is 0. The number of fused-ring (bicyclic) bond motifs is 4. The minimum atomic E-state index is 0.0847. The zero-order valence-electron chi connectivity index (χ0n) is 16.6. The van der Waals surface area contributed by atoms with Gasteiger partial charge in [-0.25, -0.2) is 4.98 Å². The maximum absolute atomic E-state index is 12.9. The van der Waals surface area contributed by atoms with Gasteiger partial charge in [0.1, 0.15) is 10.7 Å². The van der Waals surface area contributed by atoms with Gasteiger partial charge in [-0.15, -0.1) is 11.3 Å².